The van der Waals surface area contributed by atoms with Gasteiger partial charge in [-0.25, -0.2) is 0 Å². The number of rotatable bonds is 2. The lowest BCUT2D eigenvalue weighted by atomic mass is 9.99. The second-order valence-electron chi connectivity index (χ2n) is 6.56. The zero-order valence-corrected chi connectivity index (χ0v) is 15.7. The quantitative estimate of drug-likeness (QED) is 0.826. The van der Waals surface area contributed by atoms with Crippen LogP contribution in [0.25, 0.3) is 0 Å². The number of nitrogens with zero attached hydrogens (tertiary/aromatic N) is 1. The van der Waals surface area contributed by atoms with E-state index in [1.165, 1.54) is 5.56 Å². The number of nitrogen functional groups attached to an aromatic ring is 1. The van der Waals surface area contributed by atoms with E-state index < -0.39 is 0 Å². The zero-order valence-electron chi connectivity index (χ0n) is 14.9. The summed E-state index contributed by atoms with van der Waals surface area (Å²) in [5.41, 5.74) is 10.4. The van der Waals surface area contributed by atoms with Crippen molar-refractivity contribution >= 4 is 24.0 Å². The average Bonchev–Trinajstić information content (AvgIpc) is 2.57. The molecule has 134 valence electrons. The Morgan fingerprint density at radius 1 is 1.16 bits per heavy atom. The highest BCUT2D eigenvalue weighted by molar-refractivity contribution is 5.96. The van der Waals surface area contributed by atoms with Crippen molar-refractivity contribution in [3.63, 3.8) is 0 Å². The van der Waals surface area contributed by atoms with Gasteiger partial charge in [-0.15, -0.1) is 12.4 Å². The minimum absolute atomic E-state index is 0. The van der Waals surface area contributed by atoms with Crippen molar-refractivity contribution < 1.29 is 9.53 Å². The number of carbonyl (C=O) groups excluding carboxylic acids is 1. The molecule has 4 nitrogen and oxygen atoms in total. The monoisotopic (exact) mass is 360 g/mol. The van der Waals surface area contributed by atoms with Crippen molar-refractivity contribution in [2.75, 3.05) is 18.9 Å². The number of anilines is 1. The fourth-order valence-corrected chi connectivity index (χ4v) is 3.20. The van der Waals surface area contributed by atoms with Crippen LogP contribution in [0.15, 0.2) is 42.5 Å². The lowest BCUT2D eigenvalue weighted by Gasteiger charge is -2.39. The Balaban J connectivity index is 0.00000225. The number of aryl methyl sites for hydroxylation is 2. The Morgan fingerprint density at radius 2 is 1.88 bits per heavy atom. The summed E-state index contributed by atoms with van der Waals surface area (Å²) in [6.07, 6.45) is -0.0901. The highest BCUT2D eigenvalue weighted by atomic mass is 35.5. The molecular weight excluding hydrogens is 336 g/mol. The zero-order chi connectivity index (χ0) is 17.3. The van der Waals surface area contributed by atoms with Crippen molar-refractivity contribution in [2.24, 2.45) is 0 Å². The average molecular weight is 361 g/mol. The molecule has 2 unspecified atom stereocenters. The van der Waals surface area contributed by atoms with Gasteiger partial charge in [0.15, 0.2) is 0 Å². The Bertz CT molecular complexity index is 763. The molecule has 1 amide bonds. The van der Waals surface area contributed by atoms with Gasteiger partial charge in [-0.1, -0.05) is 30.3 Å². The van der Waals surface area contributed by atoms with E-state index in [0.29, 0.717) is 24.4 Å². The molecule has 0 saturated carbocycles. The highest BCUT2D eigenvalue weighted by Crippen LogP contribution is 2.28. The van der Waals surface area contributed by atoms with Crippen LogP contribution in [0.4, 0.5) is 5.69 Å². The van der Waals surface area contributed by atoms with Crippen LogP contribution in [0.1, 0.15) is 40.1 Å². The first-order valence-electron chi connectivity index (χ1n) is 8.31. The molecule has 1 heterocycles. The number of halogens is 1. The molecule has 0 radical (unpaired) electrons. The topological polar surface area (TPSA) is 55.6 Å². The van der Waals surface area contributed by atoms with Crippen molar-refractivity contribution in [3.05, 3.63) is 64.7 Å². The first-order valence-corrected chi connectivity index (χ1v) is 8.31. The van der Waals surface area contributed by atoms with E-state index in [-0.39, 0.29) is 30.5 Å². The number of ether oxygens (including phenoxy) is 1. The standard InChI is InChI=1S/C20H24N2O2.ClH/c1-13-6-4-5-7-17(13)19-11-22(15(3)12-24-19)20(23)18-10-16(21)9-8-14(18)2;/h4-10,15,19H,11-12,21H2,1-3H3;1H. The van der Waals surface area contributed by atoms with E-state index in [1.807, 2.05) is 43.0 Å². The summed E-state index contributed by atoms with van der Waals surface area (Å²) in [4.78, 5) is 15.0. The van der Waals surface area contributed by atoms with Gasteiger partial charge in [0.05, 0.1) is 19.2 Å². The minimum Gasteiger partial charge on any atom is -0.399 e. The van der Waals surface area contributed by atoms with E-state index in [2.05, 4.69) is 19.1 Å². The van der Waals surface area contributed by atoms with Crippen molar-refractivity contribution in [2.45, 2.75) is 32.9 Å². The number of benzene rings is 2. The lowest BCUT2D eigenvalue weighted by Crippen LogP contribution is -2.48. The van der Waals surface area contributed by atoms with Gasteiger partial charge in [0.2, 0.25) is 0 Å². The predicted molar refractivity (Wildman–Crippen MR) is 103 cm³/mol. The molecule has 1 aliphatic heterocycles. The van der Waals surface area contributed by atoms with Crippen LogP contribution < -0.4 is 5.73 Å². The number of carbonyl (C=O) groups is 1. The largest absolute Gasteiger partial charge is 0.399 e. The molecule has 2 aromatic carbocycles. The van der Waals surface area contributed by atoms with Crippen LogP contribution >= 0.6 is 12.4 Å². The molecule has 0 spiro atoms. The molecule has 0 aliphatic carbocycles. The fraction of sp³-hybridized carbons (Fsp3) is 0.350. The first-order chi connectivity index (χ1) is 11.5. The molecular formula is C20H25ClN2O2. The number of hydrogen-bond acceptors (Lipinski definition) is 3. The van der Waals surface area contributed by atoms with Crippen molar-refractivity contribution in [1.82, 2.24) is 4.90 Å². The van der Waals surface area contributed by atoms with Crippen LogP contribution in [-0.4, -0.2) is 30.0 Å². The highest BCUT2D eigenvalue weighted by Gasteiger charge is 2.32. The molecule has 0 aromatic heterocycles. The van der Waals surface area contributed by atoms with Crippen LogP contribution in [0.2, 0.25) is 0 Å². The van der Waals surface area contributed by atoms with Crippen molar-refractivity contribution in [1.29, 1.82) is 0 Å². The van der Waals surface area contributed by atoms with Gasteiger partial charge in [-0.2, -0.15) is 0 Å². The fourth-order valence-electron chi connectivity index (χ4n) is 3.20. The van der Waals surface area contributed by atoms with E-state index in [1.54, 1.807) is 6.07 Å². The molecule has 0 bridgehead atoms. The van der Waals surface area contributed by atoms with Crippen molar-refractivity contribution in [3.8, 4) is 0 Å². The summed E-state index contributed by atoms with van der Waals surface area (Å²) < 4.78 is 6.01. The first kappa shape index (κ1) is 19.3. The third-order valence-electron chi connectivity index (χ3n) is 4.72. The van der Waals surface area contributed by atoms with Gasteiger partial charge in [-0.3, -0.25) is 4.79 Å². The summed E-state index contributed by atoms with van der Waals surface area (Å²) in [5.74, 6) is 0.0224. The summed E-state index contributed by atoms with van der Waals surface area (Å²) in [7, 11) is 0. The van der Waals surface area contributed by atoms with Gasteiger partial charge in [-0.05, 0) is 49.6 Å². The molecule has 2 aromatic rings. The molecule has 1 saturated heterocycles. The Hall–Kier alpha value is -2.04. The molecule has 3 rings (SSSR count). The van der Waals surface area contributed by atoms with Gasteiger partial charge < -0.3 is 15.4 Å². The van der Waals surface area contributed by atoms with Gasteiger partial charge in [0.25, 0.3) is 5.91 Å². The SMILES string of the molecule is Cc1ccc(N)cc1C(=O)N1CC(c2ccccc2C)OCC1C.Cl. The second-order valence-corrected chi connectivity index (χ2v) is 6.56. The maximum Gasteiger partial charge on any atom is 0.254 e. The number of hydrogen-bond donors (Lipinski definition) is 1. The van der Waals surface area contributed by atoms with Gasteiger partial charge >= 0.3 is 0 Å². The predicted octanol–water partition coefficient (Wildman–Crippen LogP) is 3.91. The summed E-state index contributed by atoms with van der Waals surface area (Å²) in [5, 5.41) is 0. The Labute approximate surface area is 155 Å². The van der Waals surface area contributed by atoms with Crippen LogP contribution in [0.3, 0.4) is 0 Å². The van der Waals surface area contributed by atoms with Crippen LogP contribution in [0, 0.1) is 13.8 Å². The summed E-state index contributed by atoms with van der Waals surface area (Å²) >= 11 is 0. The van der Waals surface area contributed by atoms with E-state index in [9.17, 15) is 4.79 Å². The summed E-state index contributed by atoms with van der Waals surface area (Å²) in [6, 6.07) is 13.7. The van der Waals surface area contributed by atoms with E-state index in [0.717, 1.165) is 11.1 Å². The smallest absolute Gasteiger partial charge is 0.254 e. The normalized spacial score (nSPS) is 20.0. The molecule has 2 atom stereocenters. The summed E-state index contributed by atoms with van der Waals surface area (Å²) in [6.45, 7) is 7.13. The lowest BCUT2D eigenvalue weighted by molar-refractivity contribution is -0.0489. The number of nitrogens with two attached hydrogens (primary N) is 1. The van der Waals surface area contributed by atoms with Crippen LogP contribution in [-0.2, 0) is 4.74 Å². The van der Waals surface area contributed by atoms with Crippen LogP contribution in [0.5, 0.6) is 0 Å². The Kier molecular flexibility index (Phi) is 6.09. The number of amides is 1. The van der Waals surface area contributed by atoms with E-state index in [4.69, 9.17) is 10.5 Å². The second kappa shape index (κ2) is 7.89. The molecule has 1 aliphatic rings. The number of morpholine rings is 1. The molecule has 1 fully saturated rings. The minimum atomic E-state index is -0.0901. The third-order valence-corrected chi connectivity index (χ3v) is 4.72. The third kappa shape index (κ3) is 3.97. The molecule has 5 heteroatoms. The van der Waals surface area contributed by atoms with E-state index >= 15 is 0 Å². The maximum absolute atomic E-state index is 13.1. The maximum atomic E-state index is 13.1. The molecule has 25 heavy (non-hydrogen) atoms. The van der Waals surface area contributed by atoms with Gasteiger partial charge in [0, 0.05) is 11.3 Å². The molecule has 2 N–H and O–H groups in total. The Morgan fingerprint density at radius 3 is 2.60 bits per heavy atom. The van der Waals surface area contributed by atoms with Gasteiger partial charge in [0.1, 0.15) is 6.10 Å².